The molecule has 1 spiro atoms. The lowest BCUT2D eigenvalue weighted by Crippen LogP contribution is -2.59. The van der Waals surface area contributed by atoms with Crippen LogP contribution in [0.1, 0.15) is 38.7 Å². The third kappa shape index (κ3) is 3.02. The van der Waals surface area contributed by atoms with Crippen LogP contribution in [0, 0.1) is 11.8 Å². The number of hydrogen-bond acceptors (Lipinski definition) is 4. The van der Waals surface area contributed by atoms with Gasteiger partial charge in [0.15, 0.2) is 0 Å². The van der Waals surface area contributed by atoms with Crippen LogP contribution in [-0.4, -0.2) is 41.0 Å². The number of urea groups is 1. The van der Waals surface area contributed by atoms with Crippen LogP contribution in [-0.2, 0) is 11.3 Å². The van der Waals surface area contributed by atoms with Crippen molar-refractivity contribution in [3.05, 3.63) is 20.8 Å². The number of imide groups is 1. The van der Waals surface area contributed by atoms with Crippen LogP contribution in [0.15, 0.2) is 15.2 Å². The summed E-state index contributed by atoms with van der Waals surface area (Å²) in [5, 5.41) is 5.13. The number of rotatable bonds is 4. The minimum atomic E-state index is -0.707. The van der Waals surface area contributed by atoms with Crippen molar-refractivity contribution in [2.75, 3.05) is 13.7 Å². The summed E-state index contributed by atoms with van der Waals surface area (Å²) in [6.07, 6.45) is 3.10. The molecule has 1 N–H and O–H groups in total. The Morgan fingerprint density at radius 3 is 2.62 bits per heavy atom. The van der Waals surface area contributed by atoms with Gasteiger partial charge in [0.25, 0.3) is 5.91 Å². The second-order valence-corrected chi connectivity index (χ2v) is 9.47. The van der Waals surface area contributed by atoms with E-state index in [1.165, 1.54) is 10.5 Å². The zero-order valence-electron chi connectivity index (χ0n) is 14.3. The number of nitrogens with one attached hydrogen (secondary N) is 1. The topological polar surface area (TPSA) is 52.7 Å². The Hall–Kier alpha value is -0.920. The molecular weight excluding hydrogens is 390 g/mol. The van der Waals surface area contributed by atoms with E-state index in [1.54, 1.807) is 11.3 Å². The lowest BCUT2D eigenvalue weighted by molar-refractivity contribution is -0.137. The largest absolute Gasteiger partial charge is 0.326 e. The normalized spacial score (nSPS) is 30.5. The average Bonchev–Trinajstić information content (AvgIpc) is 3.02. The standard InChI is InChI=1S/C17H24BrN3O2S/c1-11-5-4-6-12(2)17(11)15(22)21(16(23)19-17)10-20(3)8-13-7-14(18)24-9-13/h7,9,11-12H,4-6,8,10H2,1-3H3,(H,19,23). The summed E-state index contributed by atoms with van der Waals surface area (Å²) in [6.45, 7) is 5.20. The summed E-state index contributed by atoms with van der Waals surface area (Å²) >= 11 is 5.10. The summed E-state index contributed by atoms with van der Waals surface area (Å²) in [6, 6.07) is 1.82. The van der Waals surface area contributed by atoms with Crippen LogP contribution < -0.4 is 5.32 Å². The fourth-order valence-electron chi connectivity index (χ4n) is 4.11. The van der Waals surface area contributed by atoms with E-state index in [1.807, 2.05) is 11.9 Å². The Morgan fingerprint density at radius 2 is 2.04 bits per heavy atom. The molecule has 0 radical (unpaired) electrons. The molecule has 3 rings (SSSR count). The van der Waals surface area contributed by atoms with Gasteiger partial charge in [-0.1, -0.05) is 20.3 Å². The molecule has 2 atom stereocenters. The van der Waals surface area contributed by atoms with Crippen molar-refractivity contribution in [1.29, 1.82) is 0 Å². The third-order valence-electron chi connectivity index (χ3n) is 5.44. The first-order chi connectivity index (χ1) is 11.3. The summed E-state index contributed by atoms with van der Waals surface area (Å²) in [4.78, 5) is 29.0. The lowest BCUT2D eigenvalue weighted by atomic mass is 9.67. The maximum atomic E-state index is 13.1. The van der Waals surface area contributed by atoms with Crippen LogP contribution in [0.3, 0.4) is 0 Å². The van der Waals surface area contributed by atoms with Gasteiger partial charge in [0.05, 0.1) is 10.5 Å². The molecule has 5 nitrogen and oxygen atoms in total. The highest BCUT2D eigenvalue weighted by Crippen LogP contribution is 2.42. The molecule has 2 fully saturated rings. The smallest absolute Gasteiger partial charge is 0.323 e. The highest BCUT2D eigenvalue weighted by Gasteiger charge is 2.58. The quantitative estimate of drug-likeness (QED) is 0.766. The molecule has 2 aliphatic rings. The van der Waals surface area contributed by atoms with Crippen molar-refractivity contribution in [1.82, 2.24) is 15.1 Å². The fraction of sp³-hybridized carbons (Fsp3) is 0.647. The number of nitrogens with zero attached hydrogens (tertiary/aromatic N) is 2. The molecule has 1 aromatic rings. The van der Waals surface area contributed by atoms with Gasteiger partial charge >= 0.3 is 6.03 Å². The fourth-order valence-corrected chi connectivity index (χ4v) is 5.31. The monoisotopic (exact) mass is 413 g/mol. The van der Waals surface area contributed by atoms with Gasteiger partial charge in [-0.05, 0) is 64.7 Å². The maximum absolute atomic E-state index is 13.1. The maximum Gasteiger partial charge on any atom is 0.326 e. The van der Waals surface area contributed by atoms with Crippen LogP contribution >= 0.6 is 27.3 Å². The molecule has 1 aromatic heterocycles. The number of thiophene rings is 1. The minimum absolute atomic E-state index is 0.0504. The number of carbonyl (C=O) groups is 2. The van der Waals surface area contributed by atoms with E-state index in [2.05, 4.69) is 46.5 Å². The molecule has 0 bridgehead atoms. The van der Waals surface area contributed by atoms with Crippen LogP contribution in [0.4, 0.5) is 4.79 Å². The molecule has 132 valence electrons. The number of hydrogen-bond donors (Lipinski definition) is 1. The van der Waals surface area contributed by atoms with Crippen LogP contribution in [0.2, 0.25) is 0 Å². The second kappa shape index (κ2) is 6.77. The number of amides is 3. The van der Waals surface area contributed by atoms with E-state index in [0.29, 0.717) is 13.2 Å². The van der Waals surface area contributed by atoms with Crippen molar-refractivity contribution < 1.29 is 9.59 Å². The van der Waals surface area contributed by atoms with Gasteiger partial charge < -0.3 is 5.32 Å². The van der Waals surface area contributed by atoms with E-state index in [9.17, 15) is 9.59 Å². The zero-order chi connectivity index (χ0) is 17.5. The van der Waals surface area contributed by atoms with Crippen LogP contribution in [0.25, 0.3) is 0 Å². The molecule has 2 heterocycles. The Morgan fingerprint density at radius 1 is 1.38 bits per heavy atom. The highest BCUT2D eigenvalue weighted by molar-refractivity contribution is 9.11. The molecule has 1 saturated carbocycles. The SMILES string of the molecule is CC1CCCC(C)C12NC(=O)N(CN(C)Cc1csc(Br)c1)C2=O. The van der Waals surface area contributed by atoms with Gasteiger partial charge in [0.2, 0.25) is 0 Å². The van der Waals surface area contributed by atoms with E-state index >= 15 is 0 Å². The first-order valence-electron chi connectivity index (χ1n) is 8.40. The Kier molecular flexibility index (Phi) is 5.04. The van der Waals surface area contributed by atoms with Gasteiger partial charge in [-0.15, -0.1) is 11.3 Å². The summed E-state index contributed by atoms with van der Waals surface area (Å²) in [5.74, 6) is 0.312. The van der Waals surface area contributed by atoms with Crippen molar-refractivity contribution >= 4 is 39.2 Å². The molecule has 1 aliphatic carbocycles. The Bertz CT molecular complexity index is 638. The summed E-state index contributed by atoms with van der Waals surface area (Å²) < 4.78 is 1.09. The van der Waals surface area contributed by atoms with Crippen molar-refractivity contribution in [3.63, 3.8) is 0 Å². The predicted octanol–water partition coefficient (Wildman–Crippen LogP) is 3.65. The van der Waals surface area contributed by atoms with Gasteiger partial charge in [0, 0.05) is 6.54 Å². The predicted molar refractivity (Wildman–Crippen MR) is 98.6 cm³/mol. The molecular formula is C17H24BrN3O2S. The molecule has 1 saturated heterocycles. The third-order valence-corrected chi connectivity index (χ3v) is 7.00. The molecule has 0 aromatic carbocycles. The number of carbonyl (C=O) groups excluding carboxylic acids is 2. The number of halogens is 1. The molecule has 3 amide bonds. The first kappa shape index (κ1) is 17.9. The van der Waals surface area contributed by atoms with Crippen LogP contribution in [0.5, 0.6) is 0 Å². The average molecular weight is 414 g/mol. The van der Waals surface area contributed by atoms with E-state index in [-0.39, 0.29) is 23.8 Å². The van der Waals surface area contributed by atoms with Gasteiger partial charge in [-0.2, -0.15) is 0 Å². The first-order valence-corrected chi connectivity index (χ1v) is 10.1. The van der Waals surface area contributed by atoms with E-state index in [4.69, 9.17) is 0 Å². The van der Waals surface area contributed by atoms with E-state index < -0.39 is 5.54 Å². The van der Waals surface area contributed by atoms with Gasteiger partial charge in [-0.3, -0.25) is 9.69 Å². The van der Waals surface area contributed by atoms with Crippen molar-refractivity contribution in [3.8, 4) is 0 Å². The Labute approximate surface area is 155 Å². The molecule has 7 heteroatoms. The molecule has 1 aliphatic heterocycles. The highest BCUT2D eigenvalue weighted by atomic mass is 79.9. The minimum Gasteiger partial charge on any atom is -0.323 e. The van der Waals surface area contributed by atoms with Gasteiger partial charge in [0.1, 0.15) is 5.54 Å². The summed E-state index contributed by atoms with van der Waals surface area (Å²) in [5.41, 5.74) is 0.470. The molecule has 24 heavy (non-hydrogen) atoms. The van der Waals surface area contributed by atoms with Gasteiger partial charge in [-0.25, -0.2) is 9.69 Å². The molecule has 2 unspecified atom stereocenters. The lowest BCUT2D eigenvalue weighted by Gasteiger charge is -2.42. The second-order valence-electron chi connectivity index (χ2n) is 7.18. The zero-order valence-corrected chi connectivity index (χ0v) is 16.7. The summed E-state index contributed by atoms with van der Waals surface area (Å²) in [7, 11) is 1.94. The van der Waals surface area contributed by atoms with Crippen molar-refractivity contribution in [2.45, 2.75) is 45.2 Å². The van der Waals surface area contributed by atoms with Crippen molar-refractivity contribution in [2.24, 2.45) is 11.8 Å². The van der Waals surface area contributed by atoms with E-state index in [0.717, 1.165) is 23.0 Å². The Balaban J connectivity index is 1.72.